The molecule has 1 heterocycles. The quantitative estimate of drug-likeness (QED) is 0.793. The van der Waals surface area contributed by atoms with E-state index in [0.29, 0.717) is 12.6 Å². The topological polar surface area (TPSA) is 57.3 Å². The van der Waals surface area contributed by atoms with Crippen LogP contribution >= 0.6 is 0 Å². The van der Waals surface area contributed by atoms with Gasteiger partial charge in [0.2, 0.25) is 0 Å². The number of hydrogen-bond acceptors (Lipinski definition) is 3. The van der Waals surface area contributed by atoms with Gasteiger partial charge in [0.25, 0.3) is 0 Å². The van der Waals surface area contributed by atoms with Crippen molar-refractivity contribution in [2.75, 3.05) is 6.54 Å². The summed E-state index contributed by atoms with van der Waals surface area (Å²) in [5, 5.41) is 14.0. The molecule has 3 N–H and O–H groups in total. The highest BCUT2D eigenvalue weighted by molar-refractivity contribution is 5.85. The Morgan fingerprint density at radius 1 is 1.38 bits per heavy atom. The van der Waals surface area contributed by atoms with E-state index in [0.717, 1.165) is 29.5 Å². The van der Waals surface area contributed by atoms with Gasteiger partial charge in [-0.2, -0.15) is 0 Å². The summed E-state index contributed by atoms with van der Waals surface area (Å²) in [7, 11) is 0. The molecule has 0 radical (unpaired) electrons. The maximum atomic E-state index is 9.38. The number of H-pyrrole nitrogens is 1. The summed E-state index contributed by atoms with van der Waals surface area (Å²) in [6.07, 6.45) is 6.37. The average molecular weight is 288 g/mol. The molecule has 2 unspecified atom stereocenters. The summed E-state index contributed by atoms with van der Waals surface area (Å²) in [4.78, 5) is 3.22. The van der Waals surface area contributed by atoms with Gasteiger partial charge in [-0.3, -0.25) is 0 Å². The molecule has 1 aliphatic rings. The Morgan fingerprint density at radius 3 is 3.14 bits per heavy atom. The van der Waals surface area contributed by atoms with Crippen LogP contribution < -0.4 is 10.1 Å². The second-order valence-corrected chi connectivity index (χ2v) is 6.06. The number of fused-ring (bicyclic) bond motifs is 1. The molecule has 4 nitrogen and oxygen atoms in total. The summed E-state index contributed by atoms with van der Waals surface area (Å²) in [6, 6.07) is 8.65. The highest BCUT2D eigenvalue weighted by Gasteiger charge is 2.23. The smallest absolute Gasteiger partial charge is 0.129 e. The van der Waals surface area contributed by atoms with Crippen LogP contribution in [0.1, 0.15) is 32.6 Å². The lowest BCUT2D eigenvalue weighted by molar-refractivity contribution is 0.126. The number of aromatic nitrogens is 1. The fraction of sp³-hybridized carbons (Fsp3) is 0.529. The van der Waals surface area contributed by atoms with Gasteiger partial charge in [0.1, 0.15) is 11.9 Å². The lowest BCUT2D eigenvalue weighted by atomic mass is 9.92. The van der Waals surface area contributed by atoms with Crippen LogP contribution in [-0.2, 0) is 0 Å². The summed E-state index contributed by atoms with van der Waals surface area (Å²) in [5.74, 6) is 0.968. The number of hydrogen-bond donors (Lipinski definition) is 3. The molecular formula is C17H24N2O2. The first-order chi connectivity index (χ1) is 10.2. The minimum atomic E-state index is -0.292. The molecule has 1 aliphatic carbocycles. The highest BCUT2D eigenvalue weighted by Crippen LogP contribution is 2.29. The second kappa shape index (κ2) is 6.50. The summed E-state index contributed by atoms with van der Waals surface area (Å²) < 4.78 is 6.24. The van der Waals surface area contributed by atoms with Crippen LogP contribution in [-0.4, -0.2) is 34.9 Å². The van der Waals surface area contributed by atoms with Gasteiger partial charge in [-0.15, -0.1) is 0 Å². The number of rotatable bonds is 5. The zero-order chi connectivity index (χ0) is 14.7. The largest absolute Gasteiger partial charge is 0.490 e. The van der Waals surface area contributed by atoms with Crippen LogP contribution in [0.4, 0.5) is 0 Å². The number of benzene rings is 1. The monoisotopic (exact) mass is 288 g/mol. The van der Waals surface area contributed by atoms with E-state index in [1.54, 1.807) is 0 Å². The van der Waals surface area contributed by atoms with Crippen molar-refractivity contribution in [2.45, 2.75) is 50.9 Å². The Labute approximate surface area is 125 Å². The van der Waals surface area contributed by atoms with Crippen molar-refractivity contribution >= 4 is 10.9 Å². The van der Waals surface area contributed by atoms with Crippen molar-refractivity contribution in [1.29, 1.82) is 0 Å². The average Bonchev–Trinajstić information content (AvgIpc) is 2.95. The third-order valence-corrected chi connectivity index (χ3v) is 4.18. The molecule has 21 heavy (non-hydrogen) atoms. The van der Waals surface area contributed by atoms with E-state index in [4.69, 9.17) is 4.74 Å². The van der Waals surface area contributed by atoms with E-state index in [1.807, 2.05) is 25.3 Å². The van der Waals surface area contributed by atoms with E-state index in [9.17, 15) is 5.11 Å². The Hall–Kier alpha value is -1.52. The molecule has 3 rings (SSSR count). The van der Waals surface area contributed by atoms with E-state index in [-0.39, 0.29) is 12.2 Å². The van der Waals surface area contributed by atoms with Gasteiger partial charge in [0.05, 0.1) is 6.10 Å². The normalized spacial score (nSPS) is 24.1. The van der Waals surface area contributed by atoms with Crippen LogP contribution in [0.5, 0.6) is 5.75 Å². The van der Waals surface area contributed by atoms with Gasteiger partial charge in [-0.1, -0.05) is 6.07 Å². The molecule has 0 spiro atoms. The number of aliphatic hydroxyl groups is 1. The van der Waals surface area contributed by atoms with Crippen molar-refractivity contribution < 1.29 is 9.84 Å². The predicted octanol–water partition coefficient (Wildman–Crippen LogP) is 2.83. The molecule has 2 aromatic rings. The van der Waals surface area contributed by atoms with Crippen molar-refractivity contribution in [3.8, 4) is 5.75 Å². The molecule has 4 heteroatoms. The summed E-state index contributed by atoms with van der Waals surface area (Å²) in [5.41, 5.74) is 1.12. The molecule has 1 fully saturated rings. The molecule has 0 aliphatic heterocycles. The number of nitrogens with one attached hydrogen (secondary N) is 2. The number of ether oxygens (including phenoxy) is 1. The number of aliphatic hydroxyl groups excluding tert-OH is 1. The molecule has 3 atom stereocenters. The van der Waals surface area contributed by atoms with Crippen molar-refractivity contribution in [3.63, 3.8) is 0 Å². The van der Waals surface area contributed by atoms with Crippen molar-refractivity contribution in [3.05, 3.63) is 30.5 Å². The fourth-order valence-corrected chi connectivity index (χ4v) is 3.11. The van der Waals surface area contributed by atoms with Crippen molar-refractivity contribution in [1.82, 2.24) is 10.3 Å². The van der Waals surface area contributed by atoms with E-state index < -0.39 is 0 Å². The van der Waals surface area contributed by atoms with Gasteiger partial charge in [-0.25, -0.2) is 0 Å². The molecule has 1 saturated carbocycles. The zero-order valence-corrected chi connectivity index (χ0v) is 12.5. The first-order valence-corrected chi connectivity index (χ1v) is 7.86. The van der Waals surface area contributed by atoms with Gasteiger partial charge in [0.15, 0.2) is 0 Å². The van der Waals surface area contributed by atoms with Crippen LogP contribution in [0.15, 0.2) is 30.5 Å². The number of aromatic amines is 1. The minimum absolute atomic E-state index is 0.255. The standard InChI is InChI=1S/C17H24N2O2/c1-12(20)11-19-13-4-2-5-14(10-13)21-17-7-3-6-16-15(17)8-9-18-16/h3,6-9,12-14,18-20H,2,4-5,10-11H2,1H3/t12-,13?,14?/m1/s1. The fourth-order valence-electron chi connectivity index (χ4n) is 3.11. The van der Waals surface area contributed by atoms with Crippen molar-refractivity contribution in [2.24, 2.45) is 0 Å². The molecule has 0 bridgehead atoms. The molecular weight excluding hydrogens is 264 g/mol. The molecule has 0 amide bonds. The molecule has 1 aromatic carbocycles. The highest BCUT2D eigenvalue weighted by atomic mass is 16.5. The first-order valence-electron chi connectivity index (χ1n) is 7.86. The summed E-state index contributed by atoms with van der Waals surface area (Å²) >= 11 is 0. The zero-order valence-electron chi connectivity index (χ0n) is 12.5. The maximum Gasteiger partial charge on any atom is 0.129 e. The minimum Gasteiger partial charge on any atom is -0.490 e. The van der Waals surface area contributed by atoms with Crippen LogP contribution in [0.3, 0.4) is 0 Å². The SMILES string of the molecule is C[C@@H](O)CNC1CCCC(Oc2cccc3[nH]ccc23)C1. The summed E-state index contributed by atoms with van der Waals surface area (Å²) in [6.45, 7) is 2.47. The van der Waals surface area contributed by atoms with Gasteiger partial charge in [0, 0.05) is 29.7 Å². The predicted molar refractivity (Wildman–Crippen MR) is 84.7 cm³/mol. The third-order valence-electron chi connectivity index (χ3n) is 4.18. The van der Waals surface area contributed by atoms with Gasteiger partial charge >= 0.3 is 0 Å². The lowest BCUT2D eigenvalue weighted by Crippen LogP contribution is -2.40. The van der Waals surface area contributed by atoms with E-state index in [1.165, 1.54) is 12.8 Å². The molecule has 0 saturated heterocycles. The maximum absolute atomic E-state index is 9.38. The van der Waals surface area contributed by atoms with Gasteiger partial charge < -0.3 is 20.1 Å². The van der Waals surface area contributed by atoms with Crippen LogP contribution in [0.2, 0.25) is 0 Å². The lowest BCUT2D eigenvalue weighted by Gasteiger charge is -2.30. The van der Waals surface area contributed by atoms with Crippen LogP contribution in [0.25, 0.3) is 10.9 Å². The molecule has 114 valence electrons. The second-order valence-electron chi connectivity index (χ2n) is 6.06. The molecule has 1 aromatic heterocycles. The Morgan fingerprint density at radius 2 is 2.29 bits per heavy atom. The van der Waals surface area contributed by atoms with Gasteiger partial charge in [-0.05, 0) is 50.8 Å². The first kappa shape index (κ1) is 14.4. The Kier molecular flexibility index (Phi) is 4.46. The van der Waals surface area contributed by atoms with E-state index >= 15 is 0 Å². The Balaban J connectivity index is 1.63. The third kappa shape index (κ3) is 3.57. The van der Waals surface area contributed by atoms with E-state index in [2.05, 4.69) is 22.4 Å². The Bertz CT molecular complexity index is 579. The van der Waals surface area contributed by atoms with Crippen LogP contribution in [0, 0.1) is 0 Å².